The summed E-state index contributed by atoms with van der Waals surface area (Å²) < 4.78 is 11.0. The molecule has 4 unspecified atom stereocenters. The molecule has 28 heavy (non-hydrogen) atoms. The predicted octanol–water partition coefficient (Wildman–Crippen LogP) is 1.72. The van der Waals surface area contributed by atoms with Crippen LogP contribution >= 0.6 is 0 Å². The second-order valence-corrected chi connectivity index (χ2v) is 7.10. The molecule has 1 aromatic carbocycles. The molecule has 4 amide bonds. The Kier molecular flexibility index (Phi) is 6.31. The molecule has 8 heteroatoms. The van der Waals surface area contributed by atoms with E-state index in [0.717, 1.165) is 0 Å². The standard InChI is InChI=1S/C20H27N3O5/c1-4-22-19(25)14-10-16(27-2)17(28-3)11-15(14)23(20(22)26)12-18(24)21-13-8-6-5-7-9-13/h5-9,14-17H,4,10-12H2,1-3H3,(H,21,24). The van der Waals surface area contributed by atoms with E-state index in [9.17, 15) is 14.4 Å². The summed E-state index contributed by atoms with van der Waals surface area (Å²) in [5.74, 6) is -0.904. The topological polar surface area (TPSA) is 88.2 Å². The molecule has 1 saturated heterocycles. The number of hydrogen-bond acceptors (Lipinski definition) is 5. The first-order chi connectivity index (χ1) is 13.5. The number of carbonyl (C=O) groups is 3. The third kappa shape index (κ3) is 3.88. The number of imide groups is 1. The fourth-order valence-electron chi connectivity index (χ4n) is 4.16. The Balaban J connectivity index is 1.81. The predicted molar refractivity (Wildman–Crippen MR) is 103 cm³/mol. The summed E-state index contributed by atoms with van der Waals surface area (Å²) in [6.45, 7) is 1.91. The Hall–Kier alpha value is -2.45. The highest BCUT2D eigenvalue weighted by Crippen LogP contribution is 2.36. The van der Waals surface area contributed by atoms with Crippen LogP contribution in [-0.2, 0) is 19.1 Å². The maximum atomic E-state index is 12.9. The van der Waals surface area contributed by atoms with E-state index < -0.39 is 11.9 Å². The van der Waals surface area contributed by atoms with Gasteiger partial charge in [-0.05, 0) is 31.9 Å². The molecule has 1 heterocycles. The van der Waals surface area contributed by atoms with Gasteiger partial charge in [-0.3, -0.25) is 14.5 Å². The highest BCUT2D eigenvalue weighted by molar-refractivity contribution is 6.01. The van der Waals surface area contributed by atoms with Gasteiger partial charge in [-0.25, -0.2) is 4.79 Å². The Morgan fingerprint density at radius 2 is 1.75 bits per heavy atom. The minimum atomic E-state index is -0.428. The van der Waals surface area contributed by atoms with Gasteiger partial charge in [-0.15, -0.1) is 0 Å². The zero-order chi connectivity index (χ0) is 20.3. The molecule has 1 saturated carbocycles. The first kappa shape index (κ1) is 20.3. The quantitative estimate of drug-likeness (QED) is 0.800. The molecule has 1 aliphatic carbocycles. The van der Waals surface area contributed by atoms with Gasteiger partial charge in [0.15, 0.2) is 0 Å². The SMILES string of the molecule is CCN1C(=O)C2CC(OC)C(OC)CC2N(CC(=O)Nc2ccccc2)C1=O. The van der Waals surface area contributed by atoms with Gasteiger partial charge in [-0.1, -0.05) is 18.2 Å². The molecule has 2 fully saturated rings. The van der Waals surface area contributed by atoms with Crippen molar-refractivity contribution in [1.29, 1.82) is 0 Å². The van der Waals surface area contributed by atoms with Gasteiger partial charge in [0.1, 0.15) is 6.54 Å². The van der Waals surface area contributed by atoms with E-state index in [1.807, 2.05) is 18.2 Å². The molecule has 1 N–H and O–H groups in total. The van der Waals surface area contributed by atoms with Crippen LogP contribution in [0.4, 0.5) is 10.5 Å². The fourth-order valence-corrected chi connectivity index (χ4v) is 4.16. The molecule has 0 radical (unpaired) electrons. The largest absolute Gasteiger partial charge is 0.379 e. The molecule has 152 valence electrons. The van der Waals surface area contributed by atoms with E-state index >= 15 is 0 Å². The number of benzene rings is 1. The summed E-state index contributed by atoms with van der Waals surface area (Å²) in [5, 5.41) is 2.80. The average molecular weight is 389 g/mol. The molecule has 8 nitrogen and oxygen atoms in total. The van der Waals surface area contributed by atoms with Crippen molar-refractivity contribution in [2.45, 2.75) is 38.0 Å². The summed E-state index contributed by atoms with van der Waals surface area (Å²) >= 11 is 0. The molecule has 4 atom stereocenters. The van der Waals surface area contributed by atoms with E-state index in [0.29, 0.717) is 18.5 Å². The van der Waals surface area contributed by atoms with Gasteiger partial charge in [0.05, 0.1) is 18.1 Å². The lowest BCUT2D eigenvalue weighted by atomic mass is 9.78. The lowest BCUT2D eigenvalue weighted by Gasteiger charge is -2.49. The second-order valence-electron chi connectivity index (χ2n) is 7.10. The highest BCUT2D eigenvalue weighted by atomic mass is 16.5. The number of ether oxygens (including phenoxy) is 2. The van der Waals surface area contributed by atoms with Crippen LogP contribution in [0.1, 0.15) is 19.8 Å². The fraction of sp³-hybridized carbons (Fsp3) is 0.550. The van der Waals surface area contributed by atoms with E-state index in [4.69, 9.17) is 9.47 Å². The molecular formula is C20H27N3O5. The molecule has 1 aromatic rings. The van der Waals surface area contributed by atoms with Crippen molar-refractivity contribution < 1.29 is 23.9 Å². The summed E-state index contributed by atoms with van der Waals surface area (Å²) in [4.78, 5) is 41.1. The monoisotopic (exact) mass is 389 g/mol. The van der Waals surface area contributed by atoms with E-state index in [2.05, 4.69) is 5.32 Å². The first-order valence-corrected chi connectivity index (χ1v) is 9.52. The molecule has 0 bridgehead atoms. The second kappa shape index (κ2) is 8.70. The molecule has 1 aliphatic heterocycles. The third-order valence-corrected chi connectivity index (χ3v) is 5.59. The van der Waals surface area contributed by atoms with Crippen LogP contribution < -0.4 is 5.32 Å². The van der Waals surface area contributed by atoms with Crippen LogP contribution in [0.5, 0.6) is 0 Å². The molecule has 0 aromatic heterocycles. The smallest absolute Gasteiger partial charge is 0.327 e. The molecule has 3 rings (SSSR count). The van der Waals surface area contributed by atoms with Crippen molar-refractivity contribution in [1.82, 2.24) is 9.80 Å². The van der Waals surface area contributed by atoms with Gasteiger partial charge in [0.2, 0.25) is 11.8 Å². The van der Waals surface area contributed by atoms with Crippen LogP contribution in [0, 0.1) is 5.92 Å². The maximum absolute atomic E-state index is 12.9. The lowest BCUT2D eigenvalue weighted by Crippen LogP contribution is -2.66. The van der Waals surface area contributed by atoms with Crippen LogP contribution in [-0.4, -0.2) is 73.2 Å². The van der Waals surface area contributed by atoms with Gasteiger partial charge >= 0.3 is 6.03 Å². The number of urea groups is 1. The van der Waals surface area contributed by atoms with E-state index in [1.54, 1.807) is 33.3 Å². The van der Waals surface area contributed by atoms with E-state index in [-0.39, 0.29) is 43.2 Å². The Morgan fingerprint density at radius 3 is 2.36 bits per heavy atom. The maximum Gasteiger partial charge on any atom is 0.327 e. The number of fused-ring (bicyclic) bond motifs is 1. The third-order valence-electron chi connectivity index (χ3n) is 5.59. The number of para-hydroxylation sites is 1. The Bertz CT molecular complexity index is 726. The highest BCUT2D eigenvalue weighted by Gasteiger charge is 2.51. The Morgan fingerprint density at radius 1 is 1.11 bits per heavy atom. The van der Waals surface area contributed by atoms with Gasteiger partial charge in [-0.2, -0.15) is 0 Å². The van der Waals surface area contributed by atoms with Gasteiger partial charge in [0, 0.05) is 32.5 Å². The zero-order valence-electron chi connectivity index (χ0n) is 16.5. The van der Waals surface area contributed by atoms with Crippen molar-refractivity contribution >= 4 is 23.5 Å². The molecule has 0 spiro atoms. The summed E-state index contributed by atoms with van der Waals surface area (Å²) in [6, 6.07) is 8.26. The first-order valence-electron chi connectivity index (χ1n) is 9.52. The van der Waals surface area contributed by atoms with Gasteiger partial charge < -0.3 is 19.7 Å². The number of rotatable bonds is 6. The number of nitrogens with zero attached hydrogens (tertiary/aromatic N) is 2. The number of methoxy groups -OCH3 is 2. The van der Waals surface area contributed by atoms with E-state index in [1.165, 1.54) is 9.80 Å². The van der Waals surface area contributed by atoms with Crippen LogP contribution in [0.3, 0.4) is 0 Å². The van der Waals surface area contributed by atoms with Crippen LogP contribution in [0.2, 0.25) is 0 Å². The lowest BCUT2D eigenvalue weighted by molar-refractivity contribution is -0.152. The minimum absolute atomic E-state index is 0.118. The summed E-state index contributed by atoms with van der Waals surface area (Å²) in [6.07, 6.45) is 0.452. The Labute approximate surface area is 164 Å². The number of carbonyl (C=O) groups excluding carboxylic acids is 3. The normalized spacial score (nSPS) is 27.5. The summed E-state index contributed by atoms with van der Waals surface area (Å²) in [5.41, 5.74) is 0.662. The van der Waals surface area contributed by atoms with Crippen molar-refractivity contribution in [3.05, 3.63) is 30.3 Å². The van der Waals surface area contributed by atoms with Crippen molar-refractivity contribution in [3.8, 4) is 0 Å². The van der Waals surface area contributed by atoms with Gasteiger partial charge in [0.25, 0.3) is 0 Å². The van der Waals surface area contributed by atoms with Crippen LogP contribution in [0.15, 0.2) is 30.3 Å². The average Bonchev–Trinajstić information content (AvgIpc) is 2.71. The van der Waals surface area contributed by atoms with Crippen molar-refractivity contribution in [3.63, 3.8) is 0 Å². The number of anilines is 1. The molecular weight excluding hydrogens is 362 g/mol. The minimum Gasteiger partial charge on any atom is -0.379 e. The number of nitrogens with one attached hydrogen (secondary N) is 1. The van der Waals surface area contributed by atoms with Crippen LogP contribution in [0.25, 0.3) is 0 Å². The summed E-state index contributed by atoms with van der Waals surface area (Å²) in [7, 11) is 3.19. The zero-order valence-corrected chi connectivity index (χ0v) is 16.5. The molecule has 2 aliphatic rings. The number of amides is 4. The van der Waals surface area contributed by atoms with Crippen molar-refractivity contribution in [2.24, 2.45) is 5.92 Å². The number of hydrogen-bond donors (Lipinski definition) is 1. The van der Waals surface area contributed by atoms with Crippen molar-refractivity contribution in [2.75, 3.05) is 32.6 Å².